The number of hydrogen-bond acceptors (Lipinski definition) is 4. The molecule has 18 heavy (non-hydrogen) atoms. The highest BCUT2D eigenvalue weighted by Crippen LogP contribution is 2.21. The molecule has 0 aliphatic heterocycles. The van der Waals surface area contributed by atoms with Crippen LogP contribution in [0.3, 0.4) is 0 Å². The lowest BCUT2D eigenvalue weighted by molar-refractivity contribution is 0.0659. The number of nitrogen functional groups attached to an aromatic ring is 1. The zero-order valence-electron chi connectivity index (χ0n) is 10.5. The molecule has 0 amide bonds. The Hall–Kier alpha value is -1.73. The quantitative estimate of drug-likeness (QED) is 0.617. The normalized spacial score (nSPS) is 15.5. The van der Waals surface area contributed by atoms with E-state index < -0.39 is 0 Å². The number of rotatable bonds is 5. The number of anilines is 2. The Kier molecular flexibility index (Phi) is 4.43. The fraction of sp³-hybridized carbons (Fsp3) is 0.500. The van der Waals surface area contributed by atoms with Crippen molar-refractivity contribution in [1.82, 2.24) is 0 Å². The lowest BCUT2D eigenvalue weighted by atomic mass is 10.2. The SMILES string of the molecule is N#Cc1ccc(NCCOC2CCCC2)cc1N. The maximum atomic E-state index is 8.77. The highest BCUT2D eigenvalue weighted by Gasteiger charge is 2.14. The monoisotopic (exact) mass is 245 g/mol. The molecule has 0 unspecified atom stereocenters. The minimum absolute atomic E-state index is 0.456. The Morgan fingerprint density at radius 1 is 1.39 bits per heavy atom. The van der Waals surface area contributed by atoms with Crippen molar-refractivity contribution in [3.05, 3.63) is 23.8 Å². The molecule has 3 N–H and O–H groups in total. The Bertz CT molecular complexity index is 433. The average molecular weight is 245 g/mol. The van der Waals surface area contributed by atoms with Gasteiger partial charge in [0.1, 0.15) is 6.07 Å². The predicted molar refractivity (Wildman–Crippen MR) is 72.3 cm³/mol. The van der Waals surface area contributed by atoms with Gasteiger partial charge in [0.05, 0.1) is 24.0 Å². The van der Waals surface area contributed by atoms with Crippen LogP contribution in [0.5, 0.6) is 0 Å². The van der Waals surface area contributed by atoms with Crippen LogP contribution in [-0.4, -0.2) is 19.3 Å². The van der Waals surface area contributed by atoms with Gasteiger partial charge in [0, 0.05) is 12.2 Å². The smallest absolute Gasteiger partial charge is 0.101 e. The van der Waals surface area contributed by atoms with Gasteiger partial charge in [0.2, 0.25) is 0 Å². The molecule has 1 fully saturated rings. The molecule has 0 aromatic heterocycles. The summed E-state index contributed by atoms with van der Waals surface area (Å²) in [6.45, 7) is 1.48. The first-order chi connectivity index (χ1) is 8.79. The van der Waals surface area contributed by atoms with Crippen molar-refractivity contribution in [3.8, 4) is 6.07 Å². The topological polar surface area (TPSA) is 71.1 Å². The van der Waals surface area contributed by atoms with Crippen molar-refractivity contribution in [1.29, 1.82) is 5.26 Å². The molecular formula is C14H19N3O. The summed E-state index contributed by atoms with van der Waals surface area (Å²) in [5.41, 5.74) is 7.70. The second-order valence-electron chi connectivity index (χ2n) is 4.62. The van der Waals surface area contributed by atoms with Crippen LogP contribution in [0.1, 0.15) is 31.2 Å². The van der Waals surface area contributed by atoms with Crippen molar-refractivity contribution in [2.45, 2.75) is 31.8 Å². The van der Waals surface area contributed by atoms with E-state index in [0.29, 0.717) is 24.0 Å². The molecule has 1 aliphatic carbocycles. The minimum atomic E-state index is 0.456. The van der Waals surface area contributed by atoms with Crippen molar-refractivity contribution in [3.63, 3.8) is 0 Å². The maximum absolute atomic E-state index is 8.77. The Balaban J connectivity index is 1.73. The van der Waals surface area contributed by atoms with Crippen LogP contribution in [0.25, 0.3) is 0 Å². The summed E-state index contributed by atoms with van der Waals surface area (Å²) >= 11 is 0. The predicted octanol–water partition coefficient (Wildman–Crippen LogP) is 2.51. The summed E-state index contributed by atoms with van der Waals surface area (Å²) in [5, 5.41) is 12.0. The summed E-state index contributed by atoms with van der Waals surface area (Å²) in [4.78, 5) is 0. The summed E-state index contributed by atoms with van der Waals surface area (Å²) in [7, 11) is 0. The zero-order chi connectivity index (χ0) is 12.8. The summed E-state index contributed by atoms with van der Waals surface area (Å²) in [6, 6.07) is 7.43. The van der Waals surface area contributed by atoms with Gasteiger partial charge in [-0.1, -0.05) is 12.8 Å². The number of nitrogens with one attached hydrogen (secondary N) is 1. The molecule has 96 valence electrons. The van der Waals surface area contributed by atoms with Crippen molar-refractivity contribution in [2.75, 3.05) is 24.2 Å². The molecule has 0 spiro atoms. The van der Waals surface area contributed by atoms with Crippen LogP contribution in [-0.2, 0) is 4.74 Å². The van der Waals surface area contributed by atoms with E-state index in [1.807, 2.05) is 12.1 Å². The summed E-state index contributed by atoms with van der Waals surface area (Å²) in [5.74, 6) is 0. The highest BCUT2D eigenvalue weighted by atomic mass is 16.5. The molecule has 1 aliphatic rings. The lowest BCUT2D eigenvalue weighted by Gasteiger charge is -2.12. The molecule has 0 heterocycles. The second kappa shape index (κ2) is 6.27. The molecule has 1 saturated carbocycles. The number of benzene rings is 1. The Morgan fingerprint density at radius 3 is 2.83 bits per heavy atom. The number of nitrogens with two attached hydrogens (primary N) is 1. The van der Waals surface area contributed by atoms with E-state index in [0.717, 1.165) is 12.2 Å². The maximum Gasteiger partial charge on any atom is 0.101 e. The number of ether oxygens (including phenoxy) is 1. The van der Waals surface area contributed by atoms with Gasteiger partial charge in [-0.25, -0.2) is 0 Å². The van der Waals surface area contributed by atoms with Gasteiger partial charge in [0.15, 0.2) is 0 Å². The number of nitrogens with zero attached hydrogens (tertiary/aromatic N) is 1. The number of hydrogen-bond donors (Lipinski definition) is 2. The largest absolute Gasteiger partial charge is 0.398 e. The fourth-order valence-corrected chi connectivity index (χ4v) is 2.25. The van der Waals surface area contributed by atoms with Crippen molar-refractivity contribution >= 4 is 11.4 Å². The van der Waals surface area contributed by atoms with Crippen LogP contribution in [0.15, 0.2) is 18.2 Å². The first-order valence-electron chi connectivity index (χ1n) is 6.44. The van der Waals surface area contributed by atoms with Crippen molar-refractivity contribution < 1.29 is 4.74 Å². The van der Waals surface area contributed by atoms with Gasteiger partial charge >= 0.3 is 0 Å². The van der Waals surface area contributed by atoms with E-state index in [9.17, 15) is 0 Å². The molecule has 0 bridgehead atoms. The van der Waals surface area contributed by atoms with Crippen LogP contribution in [0.2, 0.25) is 0 Å². The molecule has 4 nitrogen and oxygen atoms in total. The van der Waals surface area contributed by atoms with Gasteiger partial charge in [-0.2, -0.15) is 5.26 Å². The van der Waals surface area contributed by atoms with Crippen LogP contribution in [0, 0.1) is 11.3 Å². The van der Waals surface area contributed by atoms with E-state index in [1.54, 1.807) is 12.1 Å². The molecular weight excluding hydrogens is 226 g/mol. The lowest BCUT2D eigenvalue weighted by Crippen LogP contribution is -2.15. The van der Waals surface area contributed by atoms with E-state index in [1.165, 1.54) is 25.7 Å². The van der Waals surface area contributed by atoms with E-state index >= 15 is 0 Å². The van der Waals surface area contributed by atoms with Crippen LogP contribution in [0.4, 0.5) is 11.4 Å². The van der Waals surface area contributed by atoms with Crippen LogP contribution < -0.4 is 11.1 Å². The number of nitriles is 1. The third kappa shape index (κ3) is 3.38. The average Bonchev–Trinajstić information content (AvgIpc) is 2.88. The molecule has 0 saturated heterocycles. The molecule has 0 atom stereocenters. The van der Waals surface area contributed by atoms with Gasteiger partial charge in [-0.05, 0) is 31.0 Å². The van der Waals surface area contributed by atoms with Gasteiger partial charge in [-0.3, -0.25) is 0 Å². The standard InChI is InChI=1S/C14H19N3O/c15-10-11-5-6-12(9-14(11)16)17-7-8-18-13-3-1-2-4-13/h5-6,9,13,17H,1-4,7-8,16H2. The second-order valence-corrected chi connectivity index (χ2v) is 4.62. The van der Waals surface area contributed by atoms with Gasteiger partial charge < -0.3 is 15.8 Å². The Morgan fingerprint density at radius 2 is 2.17 bits per heavy atom. The van der Waals surface area contributed by atoms with Gasteiger partial charge in [0.25, 0.3) is 0 Å². The van der Waals surface area contributed by atoms with E-state index in [2.05, 4.69) is 5.32 Å². The van der Waals surface area contributed by atoms with Crippen molar-refractivity contribution in [2.24, 2.45) is 0 Å². The minimum Gasteiger partial charge on any atom is -0.398 e. The summed E-state index contributed by atoms with van der Waals surface area (Å²) in [6.07, 6.45) is 5.44. The van der Waals surface area contributed by atoms with E-state index in [4.69, 9.17) is 15.7 Å². The third-order valence-electron chi connectivity index (χ3n) is 3.26. The molecule has 1 aromatic carbocycles. The molecule has 0 radical (unpaired) electrons. The molecule has 4 heteroatoms. The first kappa shape index (κ1) is 12.7. The molecule has 2 rings (SSSR count). The van der Waals surface area contributed by atoms with Gasteiger partial charge in [-0.15, -0.1) is 0 Å². The first-order valence-corrected chi connectivity index (χ1v) is 6.44. The zero-order valence-corrected chi connectivity index (χ0v) is 10.5. The fourth-order valence-electron chi connectivity index (χ4n) is 2.25. The van der Waals surface area contributed by atoms with Crippen LogP contribution >= 0.6 is 0 Å². The van der Waals surface area contributed by atoms with E-state index in [-0.39, 0.29) is 0 Å². The summed E-state index contributed by atoms with van der Waals surface area (Å²) < 4.78 is 5.75. The third-order valence-corrected chi connectivity index (χ3v) is 3.26. The highest BCUT2D eigenvalue weighted by molar-refractivity contribution is 5.62. The molecule has 1 aromatic rings. The Labute approximate surface area is 108 Å².